The van der Waals surface area contributed by atoms with Crippen molar-refractivity contribution in [1.29, 1.82) is 0 Å². The van der Waals surface area contributed by atoms with E-state index in [0.29, 0.717) is 12.3 Å². The Morgan fingerprint density at radius 3 is 2.83 bits per heavy atom. The van der Waals surface area contributed by atoms with E-state index in [9.17, 15) is 9.18 Å². The smallest absolute Gasteiger partial charge is 0.415 e. The van der Waals surface area contributed by atoms with E-state index in [4.69, 9.17) is 4.74 Å². The number of hydrogen-bond donors (Lipinski definition) is 1. The summed E-state index contributed by atoms with van der Waals surface area (Å²) in [5.41, 5.74) is 0.273. The van der Waals surface area contributed by atoms with Gasteiger partial charge in [-0.15, -0.1) is 0 Å². The molecule has 1 aromatic carbocycles. The third-order valence-electron chi connectivity index (χ3n) is 3.72. The zero-order chi connectivity index (χ0) is 12.6. The van der Waals surface area contributed by atoms with Gasteiger partial charge in [0.25, 0.3) is 0 Å². The molecular formula is C13H15FN2O2. The van der Waals surface area contributed by atoms with Gasteiger partial charge in [-0.1, -0.05) is 6.07 Å². The zero-order valence-corrected chi connectivity index (χ0v) is 9.99. The van der Waals surface area contributed by atoms with Crippen LogP contribution in [0, 0.1) is 5.82 Å². The molecule has 1 N–H and O–H groups in total. The molecule has 18 heavy (non-hydrogen) atoms. The van der Waals surface area contributed by atoms with Gasteiger partial charge < -0.3 is 10.1 Å². The standard InChI is InChI=1S/C13H15FN2O2/c14-10-2-1-3-11(8-10)16-12(17)18-9-13(16)4-6-15-7-5-13/h1-3,8,15H,4-7,9H2. The van der Waals surface area contributed by atoms with Crippen LogP contribution in [-0.4, -0.2) is 31.3 Å². The van der Waals surface area contributed by atoms with Crippen LogP contribution in [0.5, 0.6) is 0 Å². The molecule has 1 aromatic rings. The summed E-state index contributed by atoms with van der Waals surface area (Å²) in [5.74, 6) is -0.337. The number of cyclic esters (lactones) is 1. The molecule has 1 amide bonds. The highest BCUT2D eigenvalue weighted by molar-refractivity contribution is 5.91. The van der Waals surface area contributed by atoms with Crippen molar-refractivity contribution in [2.75, 3.05) is 24.6 Å². The van der Waals surface area contributed by atoms with Gasteiger partial charge in [0.15, 0.2) is 0 Å². The van der Waals surface area contributed by atoms with Crippen LogP contribution in [0.4, 0.5) is 14.9 Å². The van der Waals surface area contributed by atoms with Gasteiger partial charge in [0.05, 0.1) is 11.2 Å². The molecule has 0 atom stereocenters. The Bertz CT molecular complexity index is 472. The molecule has 0 saturated carbocycles. The molecule has 0 aliphatic carbocycles. The minimum atomic E-state index is -0.373. The molecular weight excluding hydrogens is 235 g/mol. The fourth-order valence-electron chi connectivity index (χ4n) is 2.77. The van der Waals surface area contributed by atoms with Gasteiger partial charge in [-0.05, 0) is 44.1 Å². The van der Waals surface area contributed by atoms with Gasteiger partial charge in [0.1, 0.15) is 12.4 Å². The number of rotatable bonds is 1. The van der Waals surface area contributed by atoms with Crippen LogP contribution in [-0.2, 0) is 4.74 Å². The van der Waals surface area contributed by atoms with Crippen LogP contribution in [0.15, 0.2) is 24.3 Å². The molecule has 5 heteroatoms. The maximum atomic E-state index is 13.3. The van der Waals surface area contributed by atoms with Crippen molar-refractivity contribution < 1.29 is 13.9 Å². The van der Waals surface area contributed by atoms with Gasteiger partial charge in [0, 0.05) is 0 Å². The van der Waals surface area contributed by atoms with Crippen molar-refractivity contribution in [2.45, 2.75) is 18.4 Å². The van der Waals surface area contributed by atoms with E-state index in [1.807, 2.05) is 0 Å². The second kappa shape index (κ2) is 4.24. The number of amides is 1. The number of nitrogens with one attached hydrogen (secondary N) is 1. The quantitative estimate of drug-likeness (QED) is 0.827. The van der Waals surface area contributed by atoms with E-state index in [1.165, 1.54) is 12.1 Å². The average molecular weight is 250 g/mol. The zero-order valence-electron chi connectivity index (χ0n) is 9.99. The van der Waals surface area contributed by atoms with Gasteiger partial charge >= 0.3 is 6.09 Å². The van der Waals surface area contributed by atoms with Gasteiger partial charge in [0.2, 0.25) is 0 Å². The van der Waals surface area contributed by atoms with Crippen LogP contribution in [0.2, 0.25) is 0 Å². The summed E-state index contributed by atoms with van der Waals surface area (Å²) < 4.78 is 18.5. The highest BCUT2D eigenvalue weighted by Gasteiger charge is 2.48. The summed E-state index contributed by atoms with van der Waals surface area (Å²) in [6.07, 6.45) is 1.28. The van der Waals surface area contributed by atoms with Crippen molar-refractivity contribution in [2.24, 2.45) is 0 Å². The SMILES string of the molecule is O=C1OCC2(CCNCC2)N1c1cccc(F)c1. The van der Waals surface area contributed by atoms with Gasteiger partial charge in [-0.3, -0.25) is 4.90 Å². The fourth-order valence-corrected chi connectivity index (χ4v) is 2.77. The van der Waals surface area contributed by atoms with Gasteiger partial charge in [-0.2, -0.15) is 0 Å². The molecule has 1 spiro atoms. The molecule has 2 aliphatic rings. The number of ether oxygens (including phenoxy) is 1. The Morgan fingerprint density at radius 2 is 2.11 bits per heavy atom. The van der Waals surface area contributed by atoms with E-state index >= 15 is 0 Å². The largest absolute Gasteiger partial charge is 0.447 e. The Hall–Kier alpha value is -1.62. The molecule has 2 saturated heterocycles. The first-order valence-electron chi connectivity index (χ1n) is 6.15. The van der Waals surface area contributed by atoms with Crippen LogP contribution in [0.1, 0.15) is 12.8 Å². The number of piperidine rings is 1. The number of carbonyl (C=O) groups excluding carboxylic acids is 1. The predicted molar refractivity (Wildman–Crippen MR) is 65.1 cm³/mol. The lowest BCUT2D eigenvalue weighted by molar-refractivity contribution is 0.167. The molecule has 0 radical (unpaired) electrons. The van der Waals surface area contributed by atoms with Crippen LogP contribution < -0.4 is 10.2 Å². The average Bonchev–Trinajstić information content (AvgIpc) is 2.67. The third-order valence-corrected chi connectivity index (χ3v) is 3.72. The van der Waals surface area contributed by atoms with E-state index in [2.05, 4.69) is 5.32 Å². The van der Waals surface area contributed by atoms with Crippen molar-refractivity contribution in [1.82, 2.24) is 5.32 Å². The normalized spacial score (nSPS) is 22.3. The summed E-state index contributed by atoms with van der Waals surface area (Å²) >= 11 is 0. The summed E-state index contributed by atoms with van der Waals surface area (Å²) in [6, 6.07) is 6.13. The van der Waals surface area contributed by atoms with Gasteiger partial charge in [-0.25, -0.2) is 9.18 Å². The van der Waals surface area contributed by atoms with Crippen molar-refractivity contribution in [3.8, 4) is 0 Å². The molecule has 0 unspecified atom stereocenters. The number of halogens is 1. The number of hydrogen-bond acceptors (Lipinski definition) is 3. The highest BCUT2D eigenvalue weighted by Crippen LogP contribution is 2.36. The molecule has 0 bridgehead atoms. The number of nitrogens with zero attached hydrogens (tertiary/aromatic N) is 1. The number of anilines is 1. The van der Waals surface area contributed by atoms with E-state index in [-0.39, 0.29) is 17.4 Å². The summed E-state index contributed by atoms with van der Waals surface area (Å²) in [7, 11) is 0. The van der Waals surface area contributed by atoms with E-state index < -0.39 is 0 Å². The molecule has 2 heterocycles. The van der Waals surface area contributed by atoms with Crippen LogP contribution >= 0.6 is 0 Å². The van der Waals surface area contributed by atoms with E-state index in [1.54, 1.807) is 17.0 Å². The highest BCUT2D eigenvalue weighted by atomic mass is 19.1. The minimum Gasteiger partial charge on any atom is -0.447 e. The Morgan fingerprint density at radius 1 is 1.33 bits per heavy atom. The Labute approximate surface area is 105 Å². The van der Waals surface area contributed by atoms with Crippen molar-refractivity contribution in [3.63, 3.8) is 0 Å². The monoisotopic (exact) mass is 250 g/mol. The molecule has 4 nitrogen and oxygen atoms in total. The fraction of sp³-hybridized carbons (Fsp3) is 0.462. The first-order valence-corrected chi connectivity index (χ1v) is 6.15. The maximum absolute atomic E-state index is 13.3. The topological polar surface area (TPSA) is 41.6 Å². The lowest BCUT2D eigenvalue weighted by atomic mass is 9.88. The predicted octanol–water partition coefficient (Wildman–Crippen LogP) is 1.90. The first-order chi connectivity index (χ1) is 8.71. The van der Waals surface area contributed by atoms with E-state index in [0.717, 1.165) is 25.9 Å². The molecule has 96 valence electrons. The summed E-state index contributed by atoms with van der Waals surface area (Å²) in [5, 5.41) is 3.27. The molecule has 0 aromatic heterocycles. The molecule has 3 rings (SSSR count). The Kier molecular flexibility index (Phi) is 2.70. The summed E-state index contributed by atoms with van der Waals surface area (Å²) in [6.45, 7) is 2.09. The summed E-state index contributed by atoms with van der Waals surface area (Å²) in [4.78, 5) is 13.5. The van der Waals surface area contributed by atoms with Crippen molar-refractivity contribution >= 4 is 11.8 Å². The van der Waals surface area contributed by atoms with Crippen LogP contribution in [0.25, 0.3) is 0 Å². The second-order valence-corrected chi connectivity index (χ2v) is 4.84. The number of carbonyl (C=O) groups is 1. The third kappa shape index (κ3) is 1.75. The van der Waals surface area contributed by atoms with Crippen molar-refractivity contribution in [3.05, 3.63) is 30.1 Å². The maximum Gasteiger partial charge on any atom is 0.415 e. The second-order valence-electron chi connectivity index (χ2n) is 4.84. The first kappa shape index (κ1) is 11.5. The van der Waals surface area contributed by atoms with Crippen LogP contribution in [0.3, 0.4) is 0 Å². The lowest BCUT2D eigenvalue weighted by Crippen LogP contribution is -2.53. The molecule has 2 aliphatic heterocycles. The lowest BCUT2D eigenvalue weighted by Gasteiger charge is -2.38. The minimum absolute atomic E-state index is 0.309. The number of benzene rings is 1. The Balaban J connectivity index is 1.99. The molecule has 2 fully saturated rings.